The number of phenolic OH excluding ortho intramolecular Hbond substituents is 1. The van der Waals surface area contributed by atoms with E-state index in [1.807, 2.05) is 19.1 Å². The van der Waals surface area contributed by atoms with E-state index < -0.39 is 0 Å². The van der Waals surface area contributed by atoms with Crippen molar-refractivity contribution in [2.45, 2.75) is 13.0 Å². The molecule has 2 N–H and O–H groups in total. The van der Waals surface area contributed by atoms with E-state index in [-0.39, 0.29) is 6.04 Å². The minimum absolute atomic E-state index is 0.0925. The Morgan fingerprint density at radius 2 is 2.33 bits per heavy atom. The normalized spacial score (nSPS) is 21.6. The number of hydrogen-bond acceptors (Lipinski definition) is 3. The van der Waals surface area contributed by atoms with Gasteiger partial charge in [0.2, 0.25) is 0 Å². The summed E-state index contributed by atoms with van der Waals surface area (Å²) < 4.78 is 6.37. The van der Waals surface area contributed by atoms with Crippen LogP contribution < -0.4 is 5.32 Å². The number of aryl methyl sites for hydroxylation is 1. The number of halogens is 1. The molecular weight excluding hydrogens is 258 g/mol. The molecule has 1 fully saturated rings. The Balaban J connectivity index is 2.33. The van der Waals surface area contributed by atoms with Gasteiger partial charge >= 0.3 is 0 Å². The first-order chi connectivity index (χ1) is 7.18. The average molecular weight is 272 g/mol. The van der Waals surface area contributed by atoms with Gasteiger partial charge < -0.3 is 15.2 Å². The number of ether oxygens (including phenoxy) is 1. The zero-order chi connectivity index (χ0) is 10.8. The summed E-state index contributed by atoms with van der Waals surface area (Å²) in [6.07, 6.45) is 0. The lowest BCUT2D eigenvalue weighted by molar-refractivity contribution is 0.0760. The third-order valence-electron chi connectivity index (χ3n) is 2.59. The van der Waals surface area contributed by atoms with Crippen LogP contribution >= 0.6 is 15.9 Å². The third kappa shape index (κ3) is 2.33. The molecule has 1 atom stereocenters. The van der Waals surface area contributed by atoms with Gasteiger partial charge in [-0.25, -0.2) is 0 Å². The second-order valence-corrected chi connectivity index (χ2v) is 4.66. The fraction of sp³-hybridized carbons (Fsp3) is 0.455. The van der Waals surface area contributed by atoms with Crippen LogP contribution in [-0.2, 0) is 4.74 Å². The highest BCUT2D eigenvalue weighted by Gasteiger charge is 2.19. The van der Waals surface area contributed by atoms with Crippen molar-refractivity contribution in [3.05, 3.63) is 27.7 Å². The van der Waals surface area contributed by atoms with E-state index in [2.05, 4.69) is 21.2 Å². The fourth-order valence-electron chi connectivity index (χ4n) is 1.79. The van der Waals surface area contributed by atoms with Crippen molar-refractivity contribution in [1.82, 2.24) is 5.32 Å². The van der Waals surface area contributed by atoms with E-state index in [9.17, 15) is 5.11 Å². The molecule has 0 unspecified atom stereocenters. The monoisotopic (exact) mass is 271 g/mol. The molecule has 1 saturated heterocycles. The van der Waals surface area contributed by atoms with Gasteiger partial charge in [-0.05, 0) is 24.6 Å². The van der Waals surface area contributed by atoms with Crippen LogP contribution in [0.5, 0.6) is 5.75 Å². The SMILES string of the molecule is Cc1cc(Br)cc([C@H]2COCCN2)c1O. The highest BCUT2D eigenvalue weighted by atomic mass is 79.9. The Kier molecular flexibility index (Phi) is 3.29. The first-order valence-corrected chi connectivity index (χ1v) is 5.78. The number of benzene rings is 1. The maximum atomic E-state index is 9.96. The zero-order valence-electron chi connectivity index (χ0n) is 8.59. The summed E-state index contributed by atoms with van der Waals surface area (Å²) in [5, 5.41) is 13.3. The fourth-order valence-corrected chi connectivity index (χ4v) is 2.38. The Bertz CT molecular complexity index is 362. The Morgan fingerprint density at radius 1 is 1.53 bits per heavy atom. The van der Waals surface area contributed by atoms with Gasteiger partial charge in [0.05, 0.1) is 19.3 Å². The highest BCUT2D eigenvalue weighted by Crippen LogP contribution is 2.32. The van der Waals surface area contributed by atoms with Crippen LogP contribution in [0, 0.1) is 6.92 Å². The van der Waals surface area contributed by atoms with E-state index in [1.54, 1.807) is 0 Å². The van der Waals surface area contributed by atoms with Crippen LogP contribution in [-0.4, -0.2) is 24.9 Å². The number of morpholine rings is 1. The molecule has 0 amide bonds. The van der Waals surface area contributed by atoms with Gasteiger partial charge in [0.25, 0.3) is 0 Å². The van der Waals surface area contributed by atoms with Crippen LogP contribution in [0.4, 0.5) is 0 Å². The van der Waals surface area contributed by atoms with Crippen molar-refractivity contribution < 1.29 is 9.84 Å². The molecule has 0 saturated carbocycles. The minimum Gasteiger partial charge on any atom is -0.507 e. The van der Waals surface area contributed by atoms with Gasteiger partial charge in [0.15, 0.2) is 0 Å². The summed E-state index contributed by atoms with van der Waals surface area (Å²) in [5.41, 5.74) is 1.79. The van der Waals surface area contributed by atoms with Gasteiger partial charge in [-0.15, -0.1) is 0 Å². The topological polar surface area (TPSA) is 41.5 Å². The molecule has 0 bridgehead atoms. The molecule has 2 rings (SSSR count). The summed E-state index contributed by atoms with van der Waals surface area (Å²) in [6.45, 7) is 4.08. The molecule has 1 heterocycles. The average Bonchev–Trinajstić information content (AvgIpc) is 2.24. The molecule has 3 nitrogen and oxygen atoms in total. The molecule has 0 spiro atoms. The van der Waals surface area contributed by atoms with Gasteiger partial charge in [-0.3, -0.25) is 0 Å². The predicted octanol–water partition coefficient (Wildman–Crippen LogP) is 2.12. The number of phenols is 1. The standard InChI is InChI=1S/C11H14BrNO2/c1-7-4-8(12)5-9(11(7)14)10-6-15-3-2-13-10/h4-5,10,13-14H,2-3,6H2,1H3/t10-/m1/s1. The summed E-state index contributed by atoms with van der Waals surface area (Å²) in [5.74, 6) is 0.362. The van der Waals surface area contributed by atoms with E-state index >= 15 is 0 Å². The van der Waals surface area contributed by atoms with E-state index in [0.29, 0.717) is 12.4 Å². The van der Waals surface area contributed by atoms with Gasteiger partial charge in [0.1, 0.15) is 5.75 Å². The second kappa shape index (κ2) is 4.51. The minimum atomic E-state index is 0.0925. The molecule has 1 aliphatic rings. The van der Waals surface area contributed by atoms with E-state index in [4.69, 9.17) is 4.74 Å². The van der Waals surface area contributed by atoms with Crippen molar-refractivity contribution in [1.29, 1.82) is 0 Å². The van der Waals surface area contributed by atoms with Gasteiger partial charge in [0, 0.05) is 16.6 Å². The lowest BCUT2D eigenvalue weighted by atomic mass is 10.0. The maximum absolute atomic E-state index is 9.96. The van der Waals surface area contributed by atoms with Crippen molar-refractivity contribution in [2.75, 3.05) is 19.8 Å². The number of nitrogens with one attached hydrogen (secondary N) is 1. The summed E-state index contributed by atoms with van der Waals surface area (Å²) in [4.78, 5) is 0. The number of hydrogen-bond donors (Lipinski definition) is 2. The van der Waals surface area contributed by atoms with E-state index in [0.717, 1.165) is 28.8 Å². The summed E-state index contributed by atoms with van der Waals surface area (Å²) in [7, 11) is 0. The highest BCUT2D eigenvalue weighted by molar-refractivity contribution is 9.10. The molecule has 1 aromatic carbocycles. The first-order valence-electron chi connectivity index (χ1n) is 4.98. The zero-order valence-corrected chi connectivity index (χ0v) is 10.2. The van der Waals surface area contributed by atoms with Crippen LogP contribution in [0.2, 0.25) is 0 Å². The molecular formula is C11H14BrNO2. The molecule has 15 heavy (non-hydrogen) atoms. The molecule has 0 aromatic heterocycles. The maximum Gasteiger partial charge on any atom is 0.123 e. The van der Waals surface area contributed by atoms with E-state index in [1.165, 1.54) is 0 Å². The van der Waals surface area contributed by atoms with Crippen LogP contribution in [0.1, 0.15) is 17.2 Å². The number of aromatic hydroxyl groups is 1. The molecule has 0 radical (unpaired) electrons. The lowest BCUT2D eigenvalue weighted by Gasteiger charge is -2.25. The van der Waals surface area contributed by atoms with Crippen LogP contribution in [0.15, 0.2) is 16.6 Å². The summed E-state index contributed by atoms with van der Waals surface area (Å²) in [6, 6.07) is 3.94. The van der Waals surface area contributed by atoms with Gasteiger partial charge in [-0.1, -0.05) is 15.9 Å². The molecule has 82 valence electrons. The molecule has 0 aliphatic carbocycles. The smallest absolute Gasteiger partial charge is 0.123 e. The van der Waals surface area contributed by atoms with Crippen LogP contribution in [0.25, 0.3) is 0 Å². The number of rotatable bonds is 1. The van der Waals surface area contributed by atoms with Crippen molar-refractivity contribution >= 4 is 15.9 Å². The molecule has 1 aliphatic heterocycles. The Morgan fingerprint density at radius 3 is 3.00 bits per heavy atom. The van der Waals surface area contributed by atoms with Gasteiger partial charge in [-0.2, -0.15) is 0 Å². The van der Waals surface area contributed by atoms with Crippen LogP contribution in [0.3, 0.4) is 0 Å². The van der Waals surface area contributed by atoms with Crippen molar-refractivity contribution in [2.24, 2.45) is 0 Å². The Labute approximate surface area is 97.6 Å². The van der Waals surface area contributed by atoms with Crippen molar-refractivity contribution in [3.8, 4) is 5.75 Å². The largest absolute Gasteiger partial charge is 0.507 e. The lowest BCUT2D eigenvalue weighted by Crippen LogP contribution is -2.34. The van der Waals surface area contributed by atoms with Crippen molar-refractivity contribution in [3.63, 3.8) is 0 Å². The Hall–Kier alpha value is -0.580. The molecule has 4 heteroatoms. The quantitative estimate of drug-likeness (QED) is 0.822. The second-order valence-electron chi connectivity index (χ2n) is 3.74. The molecule has 1 aromatic rings. The predicted molar refractivity (Wildman–Crippen MR) is 62.1 cm³/mol. The third-order valence-corrected chi connectivity index (χ3v) is 3.05. The summed E-state index contributed by atoms with van der Waals surface area (Å²) >= 11 is 3.43. The first kappa shape index (κ1) is 10.9.